The van der Waals surface area contributed by atoms with Crippen LogP contribution in [0.15, 0.2) is 14.7 Å². The Kier molecular flexibility index (Phi) is 2.92. The molecule has 0 aliphatic heterocycles. The molecule has 0 atom stereocenters. The summed E-state index contributed by atoms with van der Waals surface area (Å²) in [5.74, 6) is 0. The molecule has 0 saturated carbocycles. The van der Waals surface area contributed by atoms with E-state index in [1.807, 2.05) is 0 Å². The molecule has 0 aliphatic carbocycles. The topological polar surface area (TPSA) is 46.2 Å². The SMILES string of the molecule is CNS(=O)(=O)c1cc(Br)sc1C. The van der Waals surface area contributed by atoms with E-state index in [2.05, 4.69) is 20.7 Å². The van der Waals surface area contributed by atoms with Gasteiger partial charge >= 0.3 is 0 Å². The van der Waals surface area contributed by atoms with Crippen LogP contribution in [0.1, 0.15) is 4.88 Å². The predicted octanol–water partition coefficient (Wildman–Crippen LogP) is 1.73. The van der Waals surface area contributed by atoms with Crippen molar-refractivity contribution in [2.75, 3.05) is 7.05 Å². The van der Waals surface area contributed by atoms with E-state index in [9.17, 15) is 8.42 Å². The average molecular weight is 270 g/mol. The predicted molar refractivity (Wildman–Crippen MR) is 53.0 cm³/mol. The number of hydrogen-bond acceptors (Lipinski definition) is 3. The molecule has 0 aliphatic rings. The summed E-state index contributed by atoms with van der Waals surface area (Å²) in [6, 6.07) is 1.60. The van der Waals surface area contributed by atoms with Crippen LogP contribution in [-0.2, 0) is 10.0 Å². The average Bonchev–Trinajstić information content (AvgIpc) is 2.31. The minimum atomic E-state index is -3.28. The Hall–Kier alpha value is 0.0900. The highest BCUT2D eigenvalue weighted by atomic mass is 79.9. The van der Waals surface area contributed by atoms with Gasteiger partial charge < -0.3 is 0 Å². The van der Waals surface area contributed by atoms with E-state index in [-0.39, 0.29) is 0 Å². The van der Waals surface area contributed by atoms with Crippen LogP contribution >= 0.6 is 27.3 Å². The number of thiophene rings is 1. The molecule has 0 unspecified atom stereocenters. The van der Waals surface area contributed by atoms with Gasteiger partial charge in [0.15, 0.2) is 0 Å². The van der Waals surface area contributed by atoms with Crippen molar-refractivity contribution in [1.29, 1.82) is 0 Å². The maximum Gasteiger partial charge on any atom is 0.241 e. The summed E-state index contributed by atoms with van der Waals surface area (Å²) >= 11 is 4.64. The van der Waals surface area contributed by atoms with Crippen molar-refractivity contribution in [1.82, 2.24) is 4.72 Å². The Balaban J connectivity index is 3.29. The Morgan fingerprint density at radius 1 is 1.58 bits per heavy atom. The number of nitrogens with one attached hydrogen (secondary N) is 1. The van der Waals surface area contributed by atoms with Crippen molar-refractivity contribution in [3.63, 3.8) is 0 Å². The van der Waals surface area contributed by atoms with Crippen LogP contribution in [0, 0.1) is 6.92 Å². The quantitative estimate of drug-likeness (QED) is 0.889. The van der Waals surface area contributed by atoms with Gasteiger partial charge in [-0.3, -0.25) is 0 Å². The van der Waals surface area contributed by atoms with Crippen LogP contribution < -0.4 is 4.72 Å². The normalized spacial score (nSPS) is 11.9. The van der Waals surface area contributed by atoms with Gasteiger partial charge in [0.25, 0.3) is 0 Å². The molecule has 0 fully saturated rings. The smallest absolute Gasteiger partial charge is 0.214 e. The van der Waals surface area contributed by atoms with Gasteiger partial charge in [0.05, 0.1) is 8.68 Å². The van der Waals surface area contributed by atoms with E-state index in [4.69, 9.17) is 0 Å². The standard InChI is InChI=1S/C6H8BrNO2S2/c1-4-5(3-6(7)11-4)12(9,10)8-2/h3,8H,1-2H3. The Labute approximate surface area is 84.0 Å². The van der Waals surface area contributed by atoms with Gasteiger partial charge in [0.2, 0.25) is 10.0 Å². The summed E-state index contributed by atoms with van der Waals surface area (Å²) in [6.45, 7) is 1.78. The molecular weight excluding hydrogens is 262 g/mol. The highest BCUT2D eigenvalue weighted by molar-refractivity contribution is 9.11. The van der Waals surface area contributed by atoms with Crippen molar-refractivity contribution in [3.05, 3.63) is 14.7 Å². The fourth-order valence-electron chi connectivity index (χ4n) is 0.807. The molecule has 0 spiro atoms. The number of hydrogen-bond donors (Lipinski definition) is 1. The Bertz CT molecular complexity index is 382. The highest BCUT2D eigenvalue weighted by Gasteiger charge is 2.16. The molecule has 1 N–H and O–H groups in total. The molecule has 68 valence electrons. The van der Waals surface area contributed by atoms with Gasteiger partial charge in [-0.05, 0) is 36.0 Å². The second-order valence-corrected chi connectivity index (χ2v) is 6.67. The summed E-state index contributed by atoms with van der Waals surface area (Å²) in [7, 11) is -1.87. The van der Waals surface area contributed by atoms with Crippen molar-refractivity contribution in [2.45, 2.75) is 11.8 Å². The highest BCUT2D eigenvalue weighted by Crippen LogP contribution is 2.29. The molecule has 0 saturated heterocycles. The first-order valence-electron chi connectivity index (χ1n) is 3.17. The Morgan fingerprint density at radius 2 is 2.17 bits per heavy atom. The summed E-state index contributed by atoms with van der Waals surface area (Å²) in [4.78, 5) is 1.14. The third-order valence-electron chi connectivity index (χ3n) is 1.40. The Morgan fingerprint density at radius 3 is 2.50 bits per heavy atom. The molecule has 1 heterocycles. The summed E-state index contributed by atoms with van der Waals surface area (Å²) in [5, 5.41) is 0. The first-order chi connectivity index (χ1) is 5.47. The molecule has 0 radical (unpaired) electrons. The van der Waals surface area contributed by atoms with Gasteiger partial charge in [-0.1, -0.05) is 0 Å². The zero-order valence-corrected chi connectivity index (χ0v) is 9.81. The van der Waals surface area contributed by atoms with E-state index in [0.717, 1.165) is 8.66 Å². The molecular formula is C6H8BrNO2S2. The van der Waals surface area contributed by atoms with Gasteiger partial charge in [-0.2, -0.15) is 0 Å². The molecule has 1 aromatic rings. The van der Waals surface area contributed by atoms with Crippen molar-refractivity contribution >= 4 is 37.3 Å². The summed E-state index contributed by atoms with van der Waals surface area (Å²) < 4.78 is 25.7. The second-order valence-electron chi connectivity index (χ2n) is 2.18. The molecule has 0 aromatic carbocycles. The first kappa shape index (κ1) is 10.2. The van der Waals surface area contributed by atoms with Crippen LogP contribution in [0.5, 0.6) is 0 Å². The minimum absolute atomic E-state index is 0.349. The molecule has 1 aromatic heterocycles. The van der Waals surface area contributed by atoms with Crippen molar-refractivity contribution in [2.24, 2.45) is 0 Å². The lowest BCUT2D eigenvalue weighted by Gasteiger charge is -1.98. The van der Waals surface area contributed by atoms with Crippen LogP contribution in [0.4, 0.5) is 0 Å². The fraction of sp³-hybridized carbons (Fsp3) is 0.333. The molecule has 12 heavy (non-hydrogen) atoms. The number of halogens is 1. The van der Waals surface area contributed by atoms with E-state index < -0.39 is 10.0 Å². The zero-order valence-electron chi connectivity index (χ0n) is 6.59. The van der Waals surface area contributed by atoms with Crippen molar-refractivity contribution < 1.29 is 8.42 Å². The lowest BCUT2D eigenvalue weighted by Crippen LogP contribution is -2.18. The van der Waals surface area contributed by atoms with E-state index >= 15 is 0 Å². The molecule has 0 amide bonds. The van der Waals surface area contributed by atoms with Gasteiger partial charge in [0, 0.05) is 4.88 Å². The van der Waals surface area contributed by atoms with Crippen LogP contribution in [0.2, 0.25) is 0 Å². The second kappa shape index (κ2) is 3.45. The van der Waals surface area contributed by atoms with Crippen LogP contribution in [-0.4, -0.2) is 15.5 Å². The number of rotatable bonds is 2. The third kappa shape index (κ3) is 1.87. The molecule has 0 bridgehead atoms. The van der Waals surface area contributed by atoms with Crippen LogP contribution in [0.3, 0.4) is 0 Å². The lowest BCUT2D eigenvalue weighted by atomic mass is 10.5. The summed E-state index contributed by atoms with van der Waals surface area (Å²) in [6.07, 6.45) is 0. The summed E-state index contributed by atoms with van der Waals surface area (Å²) in [5.41, 5.74) is 0. The fourth-order valence-corrected chi connectivity index (χ4v) is 3.95. The van der Waals surface area contributed by atoms with Gasteiger partial charge in [-0.25, -0.2) is 13.1 Å². The van der Waals surface area contributed by atoms with E-state index in [1.54, 1.807) is 13.0 Å². The largest absolute Gasteiger partial charge is 0.241 e. The molecule has 3 nitrogen and oxygen atoms in total. The zero-order chi connectivity index (χ0) is 9.35. The van der Waals surface area contributed by atoms with Crippen LogP contribution in [0.25, 0.3) is 0 Å². The monoisotopic (exact) mass is 269 g/mol. The van der Waals surface area contributed by atoms with E-state index in [1.165, 1.54) is 18.4 Å². The minimum Gasteiger partial charge on any atom is -0.214 e. The first-order valence-corrected chi connectivity index (χ1v) is 6.26. The maximum absolute atomic E-state index is 11.3. The maximum atomic E-state index is 11.3. The van der Waals surface area contributed by atoms with E-state index in [0.29, 0.717) is 4.90 Å². The lowest BCUT2D eigenvalue weighted by molar-refractivity contribution is 0.588. The van der Waals surface area contributed by atoms with Crippen molar-refractivity contribution in [3.8, 4) is 0 Å². The number of sulfonamides is 1. The third-order valence-corrected chi connectivity index (χ3v) is 4.62. The van der Waals surface area contributed by atoms with Gasteiger partial charge in [-0.15, -0.1) is 11.3 Å². The number of aryl methyl sites for hydroxylation is 1. The molecule has 1 rings (SSSR count). The molecule has 6 heteroatoms. The van der Waals surface area contributed by atoms with Gasteiger partial charge in [0.1, 0.15) is 0 Å².